The lowest BCUT2D eigenvalue weighted by molar-refractivity contribution is -0.144. The predicted octanol–water partition coefficient (Wildman–Crippen LogP) is 2.11. The number of hydrogen-bond acceptors (Lipinski definition) is 5. The van der Waals surface area contributed by atoms with Crippen molar-refractivity contribution in [2.75, 3.05) is 7.11 Å². The number of methoxy groups -OCH3 is 1. The summed E-state index contributed by atoms with van der Waals surface area (Å²) < 4.78 is 6.46. The number of ether oxygens (including phenoxy) is 1. The number of rotatable bonds is 9. The largest absolute Gasteiger partial charge is 0.467 e. The molecule has 1 saturated carbocycles. The summed E-state index contributed by atoms with van der Waals surface area (Å²) in [4.78, 5) is 51.0. The molecule has 1 aromatic carbocycles. The number of pyridine rings is 1. The van der Waals surface area contributed by atoms with Crippen molar-refractivity contribution < 1.29 is 19.1 Å². The second kappa shape index (κ2) is 10.3. The Morgan fingerprint density at radius 3 is 2.28 bits per heavy atom. The van der Waals surface area contributed by atoms with Crippen LogP contribution in [0.4, 0.5) is 0 Å². The second-order valence-corrected chi connectivity index (χ2v) is 8.18. The zero-order valence-corrected chi connectivity index (χ0v) is 18.6. The van der Waals surface area contributed by atoms with Gasteiger partial charge in [-0.1, -0.05) is 50.6 Å². The van der Waals surface area contributed by atoms with Crippen molar-refractivity contribution in [3.05, 3.63) is 69.6 Å². The van der Waals surface area contributed by atoms with Gasteiger partial charge in [-0.3, -0.25) is 14.4 Å². The minimum Gasteiger partial charge on any atom is -0.467 e. The summed E-state index contributed by atoms with van der Waals surface area (Å²) in [6.07, 6.45) is 5.27. The Labute approximate surface area is 187 Å². The fourth-order valence-electron chi connectivity index (χ4n) is 3.35. The van der Waals surface area contributed by atoms with Gasteiger partial charge in [0.2, 0.25) is 5.43 Å². The number of aromatic nitrogens is 1. The number of benzene rings is 1. The molecule has 0 bridgehead atoms. The van der Waals surface area contributed by atoms with Crippen molar-refractivity contribution in [1.29, 1.82) is 0 Å². The zero-order chi connectivity index (χ0) is 23.3. The van der Waals surface area contributed by atoms with Gasteiger partial charge in [0.15, 0.2) is 0 Å². The van der Waals surface area contributed by atoms with E-state index < -0.39 is 29.3 Å². The Balaban J connectivity index is 1.97. The van der Waals surface area contributed by atoms with Gasteiger partial charge in [0.05, 0.1) is 7.11 Å². The van der Waals surface area contributed by atoms with E-state index in [1.165, 1.54) is 19.5 Å². The molecule has 32 heavy (non-hydrogen) atoms. The Morgan fingerprint density at radius 2 is 1.72 bits per heavy atom. The van der Waals surface area contributed by atoms with Crippen molar-refractivity contribution in [2.45, 2.75) is 51.7 Å². The lowest BCUT2D eigenvalue weighted by Gasteiger charge is -2.22. The number of hydrogen-bond donors (Lipinski definition) is 2. The molecule has 0 radical (unpaired) electrons. The van der Waals surface area contributed by atoms with Gasteiger partial charge >= 0.3 is 5.97 Å². The minimum absolute atomic E-state index is 0.0658. The molecule has 1 aliphatic carbocycles. The molecular weight excluding hydrogens is 410 g/mol. The molecule has 170 valence electrons. The molecule has 1 heterocycles. The van der Waals surface area contributed by atoms with Crippen molar-refractivity contribution in [3.63, 3.8) is 0 Å². The SMILES string of the molecule is CC[C@H](C)[C@H](NC(=O)c1cn(Cc2ccccc2)cc(C(=O)NC2CC2)c1=O)C(=O)OC. The first-order valence-electron chi connectivity index (χ1n) is 10.8. The summed E-state index contributed by atoms with van der Waals surface area (Å²) in [6, 6.07) is 8.66. The zero-order valence-electron chi connectivity index (χ0n) is 18.6. The van der Waals surface area contributed by atoms with E-state index >= 15 is 0 Å². The van der Waals surface area contributed by atoms with Crippen LogP contribution >= 0.6 is 0 Å². The van der Waals surface area contributed by atoms with Crippen molar-refractivity contribution >= 4 is 17.8 Å². The third-order valence-corrected chi connectivity index (χ3v) is 5.64. The van der Waals surface area contributed by atoms with E-state index in [0.717, 1.165) is 18.4 Å². The predicted molar refractivity (Wildman–Crippen MR) is 119 cm³/mol. The van der Waals surface area contributed by atoms with Crippen LogP contribution in [-0.4, -0.2) is 41.5 Å². The molecule has 2 N–H and O–H groups in total. The Kier molecular flexibility index (Phi) is 7.45. The fourth-order valence-corrected chi connectivity index (χ4v) is 3.35. The van der Waals surface area contributed by atoms with Crippen LogP contribution in [-0.2, 0) is 16.1 Å². The molecule has 0 aliphatic heterocycles. The summed E-state index contributed by atoms with van der Waals surface area (Å²) in [5.74, 6) is -1.99. The average molecular weight is 440 g/mol. The van der Waals surface area contributed by atoms with Gasteiger partial charge in [-0.25, -0.2) is 4.79 Å². The van der Waals surface area contributed by atoms with Crippen LogP contribution in [0.15, 0.2) is 47.5 Å². The number of carbonyl (C=O) groups excluding carboxylic acids is 3. The molecular formula is C24H29N3O5. The molecule has 2 atom stereocenters. The van der Waals surface area contributed by atoms with Gasteiger partial charge in [0.25, 0.3) is 11.8 Å². The number of amides is 2. The number of esters is 1. The van der Waals surface area contributed by atoms with Crippen LogP contribution in [0.25, 0.3) is 0 Å². The van der Waals surface area contributed by atoms with E-state index in [2.05, 4.69) is 10.6 Å². The molecule has 8 heteroatoms. The minimum atomic E-state index is -0.900. The molecule has 2 aromatic rings. The molecule has 1 fully saturated rings. The highest BCUT2D eigenvalue weighted by molar-refractivity contribution is 6.00. The molecule has 0 unspecified atom stereocenters. The van der Waals surface area contributed by atoms with Crippen molar-refractivity contribution in [2.24, 2.45) is 5.92 Å². The van der Waals surface area contributed by atoms with Crippen LogP contribution in [0.1, 0.15) is 59.4 Å². The highest BCUT2D eigenvalue weighted by Crippen LogP contribution is 2.19. The topological polar surface area (TPSA) is 107 Å². The van der Waals surface area contributed by atoms with Gasteiger partial charge in [-0.05, 0) is 24.3 Å². The van der Waals surface area contributed by atoms with Gasteiger partial charge in [-0.15, -0.1) is 0 Å². The van der Waals surface area contributed by atoms with E-state index in [4.69, 9.17) is 4.74 Å². The Morgan fingerprint density at radius 1 is 1.09 bits per heavy atom. The average Bonchev–Trinajstić information content (AvgIpc) is 3.61. The van der Waals surface area contributed by atoms with Crippen molar-refractivity contribution in [1.82, 2.24) is 15.2 Å². The molecule has 0 spiro atoms. The molecule has 0 saturated heterocycles. The molecule has 8 nitrogen and oxygen atoms in total. The molecule has 1 aliphatic rings. The second-order valence-electron chi connectivity index (χ2n) is 8.18. The molecule has 2 amide bonds. The van der Waals surface area contributed by atoms with Gasteiger partial charge in [0.1, 0.15) is 17.2 Å². The van der Waals surface area contributed by atoms with E-state index in [-0.39, 0.29) is 23.1 Å². The first kappa shape index (κ1) is 23.2. The Bertz CT molecular complexity index is 1040. The van der Waals surface area contributed by atoms with Crippen LogP contribution in [0.2, 0.25) is 0 Å². The monoisotopic (exact) mass is 439 g/mol. The summed E-state index contributed by atoms with van der Waals surface area (Å²) in [5.41, 5.74) is -0.0129. The summed E-state index contributed by atoms with van der Waals surface area (Å²) in [5, 5.41) is 5.43. The van der Waals surface area contributed by atoms with Crippen molar-refractivity contribution in [3.8, 4) is 0 Å². The lowest BCUT2D eigenvalue weighted by atomic mass is 9.98. The highest BCUT2D eigenvalue weighted by atomic mass is 16.5. The number of nitrogens with zero attached hydrogens (tertiary/aromatic N) is 1. The van der Waals surface area contributed by atoms with Crippen LogP contribution in [0.3, 0.4) is 0 Å². The van der Waals surface area contributed by atoms with E-state index in [1.807, 2.05) is 44.2 Å². The third-order valence-electron chi connectivity index (χ3n) is 5.64. The van der Waals surface area contributed by atoms with E-state index in [0.29, 0.717) is 13.0 Å². The van der Waals surface area contributed by atoms with Crippen LogP contribution in [0, 0.1) is 5.92 Å². The third kappa shape index (κ3) is 5.63. The molecule has 1 aromatic heterocycles. The normalized spacial score (nSPS) is 14.8. The van der Waals surface area contributed by atoms with E-state index in [1.54, 1.807) is 4.57 Å². The van der Waals surface area contributed by atoms with Gasteiger partial charge in [0, 0.05) is 25.0 Å². The summed E-state index contributed by atoms with van der Waals surface area (Å²) in [7, 11) is 1.25. The number of nitrogens with one attached hydrogen (secondary N) is 2. The number of carbonyl (C=O) groups is 3. The van der Waals surface area contributed by atoms with Crippen LogP contribution in [0.5, 0.6) is 0 Å². The summed E-state index contributed by atoms with van der Waals surface area (Å²) >= 11 is 0. The first-order valence-corrected chi connectivity index (χ1v) is 10.8. The maximum absolute atomic E-state index is 13.1. The Hall–Kier alpha value is -3.42. The fraction of sp³-hybridized carbons (Fsp3) is 0.417. The van der Waals surface area contributed by atoms with E-state index in [9.17, 15) is 19.2 Å². The van der Waals surface area contributed by atoms with Gasteiger partial charge < -0.3 is 19.9 Å². The quantitative estimate of drug-likeness (QED) is 0.582. The highest BCUT2D eigenvalue weighted by Gasteiger charge is 2.30. The van der Waals surface area contributed by atoms with Crippen LogP contribution < -0.4 is 16.1 Å². The smallest absolute Gasteiger partial charge is 0.328 e. The first-order chi connectivity index (χ1) is 15.3. The lowest BCUT2D eigenvalue weighted by Crippen LogP contribution is -2.47. The maximum atomic E-state index is 13.1. The standard InChI is InChI=1S/C24H29N3O5/c1-4-15(2)20(24(31)32-3)26-23(30)19-14-27(12-16-8-6-5-7-9-16)13-18(21(19)28)22(29)25-17-10-11-17/h5-9,13-15,17,20H,4,10-12H2,1-3H3,(H,25,29)(H,26,30)/t15-,20-/m0/s1. The molecule has 3 rings (SSSR count). The van der Waals surface area contributed by atoms with Gasteiger partial charge in [-0.2, -0.15) is 0 Å². The maximum Gasteiger partial charge on any atom is 0.328 e. The summed E-state index contributed by atoms with van der Waals surface area (Å²) in [6.45, 7) is 4.08.